The number of morpholine rings is 1. The maximum Gasteiger partial charge on any atom is 0.221 e. The molecule has 7 heteroatoms. The van der Waals surface area contributed by atoms with Crippen molar-refractivity contribution in [1.29, 1.82) is 0 Å². The highest BCUT2D eigenvalue weighted by Crippen LogP contribution is 2.19. The van der Waals surface area contributed by atoms with E-state index in [0.717, 1.165) is 6.42 Å². The average Bonchev–Trinajstić information content (AvgIpc) is 2.74. The second kappa shape index (κ2) is 5.38. The Kier molecular flexibility index (Phi) is 4.04. The lowest BCUT2D eigenvalue weighted by molar-refractivity contribution is 0.0312. The summed E-state index contributed by atoms with van der Waals surface area (Å²) in [5.41, 5.74) is 0.689. The monoisotopic (exact) mass is 274 g/mol. The summed E-state index contributed by atoms with van der Waals surface area (Å²) in [5, 5.41) is 3.70. The lowest BCUT2D eigenvalue weighted by atomic mass is 10.2. The van der Waals surface area contributed by atoms with E-state index in [1.165, 1.54) is 4.31 Å². The highest BCUT2D eigenvalue weighted by Gasteiger charge is 2.32. The van der Waals surface area contributed by atoms with Crippen LogP contribution in [0.1, 0.15) is 24.8 Å². The third kappa shape index (κ3) is 2.90. The van der Waals surface area contributed by atoms with Gasteiger partial charge in [0.1, 0.15) is 5.75 Å². The van der Waals surface area contributed by atoms with E-state index in [1.807, 2.05) is 6.92 Å². The van der Waals surface area contributed by atoms with Crippen molar-refractivity contribution in [2.24, 2.45) is 0 Å². The summed E-state index contributed by atoms with van der Waals surface area (Å²) >= 11 is 0. The average molecular weight is 274 g/mol. The molecule has 6 nitrogen and oxygen atoms in total. The van der Waals surface area contributed by atoms with Gasteiger partial charge in [-0.25, -0.2) is 8.42 Å². The predicted octanol–water partition coefficient (Wildman–Crippen LogP) is 0.924. The van der Waals surface area contributed by atoms with Crippen LogP contribution in [0.5, 0.6) is 0 Å². The first-order chi connectivity index (χ1) is 8.53. The molecular formula is C11H18N2O4S. The Labute approximate surface area is 107 Å². The largest absolute Gasteiger partial charge is 0.378 e. The van der Waals surface area contributed by atoms with E-state index in [-0.39, 0.29) is 11.8 Å². The van der Waals surface area contributed by atoms with Gasteiger partial charge in [0.2, 0.25) is 10.0 Å². The van der Waals surface area contributed by atoms with E-state index >= 15 is 0 Å². The van der Waals surface area contributed by atoms with Gasteiger partial charge in [-0.1, -0.05) is 12.1 Å². The first kappa shape index (κ1) is 13.5. The van der Waals surface area contributed by atoms with Crippen LogP contribution in [0, 0.1) is 6.92 Å². The number of hydrogen-bond acceptors (Lipinski definition) is 5. The Hall–Kier alpha value is -0.920. The number of ether oxygens (including phenoxy) is 1. The van der Waals surface area contributed by atoms with Crippen LogP contribution in [0.15, 0.2) is 10.6 Å². The van der Waals surface area contributed by atoms with Crippen molar-refractivity contribution in [3.8, 4) is 0 Å². The van der Waals surface area contributed by atoms with Gasteiger partial charge < -0.3 is 9.26 Å². The first-order valence-corrected chi connectivity index (χ1v) is 7.63. The molecule has 1 aromatic heterocycles. The molecule has 1 aromatic rings. The lowest BCUT2D eigenvalue weighted by Gasteiger charge is -2.33. The van der Waals surface area contributed by atoms with Crippen molar-refractivity contribution in [2.75, 3.05) is 19.8 Å². The molecule has 0 saturated carbocycles. The molecule has 1 fully saturated rings. The van der Waals surface area contributed by atoms with Crippen LogP contribution < -0.4 is 0 Å². The second-order valence-corrected chi connectivity index (χ2v) is 6.36. The SMILES string of the molecule is CCC1COCCN1S(=O)(=O)Cc1cc(C)no1. The molecule has 0 bridgehead atoms. The standard InChI is InChI=1S/C11H18N2O4S/c1-3-10-7-16-5-4-13(10)18(14,15)8-11-6-9(2)12-17-11/h6,10H,3-5,7-8H2,1-2H3. The molecule has 1 aliphatic rings. The molecule has 1 unspecified atom stereocenters. The maximum absolute atomic E-state index is 12.3. The van der Waals surface area contributed by atoms with Crippen LogP contribution in [0.2, 0.25) is 0 Å². The third-order valence-electron chi connectivity index (χ3n) is 3.00. The molecule has 0 spiro atoms. The van der Waals surface area contributed by atoms with Gasteiger partial charge in [-0.05, 0) is 13.3 Å². The van der Waals surface area contributed by atoms with E-state index < -0.39 is 10.0 Å². The Morgan fingerprint density at radius 2 is 2.33 bits per heavy atom. The molecule has 2 rings (SSSR count). The van der Waals surface area contributed by atoms with Gasteiger partial charge in [0.15, 0.2) is 5.76 Å². The molecular weight excluding hydrogens is 256 g/mol. The third-order valence-corrected chi connectivity index (χ3v) is 4.85. The van der Waals surface area contributed by atoms with E-state index in [2.05, 4.69) is 5.16 Å². The van der Waals surface area contributed by atoms with Gasteiger partial charge in [0, 0.05) is 18.7 Å². The molecule has 0 radical (unpaired) electrons. The minimum atomic E-state index is -3.36. The Morgan fingerprint density at radius 3 is 2.94 bits per heavy atom. The first-order valence-electron chi connectivity index (χ1n) is 6.02. The van der Waals surface area contributed by atoms with Crippen molar-refractivity contribution in [3.63, 3.8) is 0 Å². The lowest BCUT2D eigenvalue weighted by Crippen LogP contribution is -2.48. The number of hydrogen-bond donors (Lipinski definition) is 0. The van der Waals surface area contributed by atoms with Crippen molar-refractivity contribution in [2.45, 2.75) is 32.1 Å². The normalized spacial score (nSPS) is 22.2. The van der Waals surface area contributed by atoms with Crippen LogP contribution in [-0.4, -0.2) is 43.7 Å². The molecule has 1 atom stereocenters. The summed E-state index contributed by atoms with van der Waals surface area (Å²) < 4.78 is 36.4. The molecule has 0 N–H and O–H groups in total. The molecule has 1 aliphatic heterocycles. The van der Waals surface area contributed by atoms with Crippen LogP contribution in [0.3, 0.4) is 0 Å². The summed E-state index contributed by atoms with van der Waals surface area (Å²) in [6.45, 7) is 5.05. The van der Waals surface area contributed by atoms with Gasteiger partial charge in [-0.3, -0.25) is 0 Å². The number of sulfonamides is 1. The minimum Gasteiger partial charge on any atom is -0.378 e. The topological polar surface area (TPSA) is 72.6 Å². The molecule has 18 heavy (non-hydrogen) atoms. The molecule has 2 heterocycles. The molecule has 1 saturated heterocycles. The summed E-state index contributed by atoms with van der Waals surface area (Å²) in [5.74, 6) is 0.249. The fraction of sp³-hybridized carbons (Fsp3) is 0.727. The zero-order valence-corrected chi connectivity index (χ0v) is 11.4. The number of rotatable bonds is 4. The van der Waals surface area contributed by atoms with Gasteiger partial charge in [-0.2, -0.15) is 4.31 Å². The van der Waals surface area contributed by atoms with Gasteiger partial charge in [0.05, 0.1) is 18.9 Å². The van der Waals surface area contributed by atoms with E-state index in [9.17, 15) is 8.42 Å². The Bertz CT molecular complexity index is 497. The van der Waals surface area contributed by atoms with Crippen LogP contribution in [0.4, 0.5) is 0 Å². The van der Waals surface area contributed by atoms with Crippen molar-refractivity contribution in [3.05, 3.63) is 17.5 Å². The van der Waals surface area contributed by atoms with Crippen molar-refractivity contribution < 1.29 is 17.7 Å². The summed E-state index contributed by atoms with van der Waals surface area (Å²) in [6.07, 6.45) is 0.745. The molecule has 102 valence electrons. The number of nitrogens with zero attached hydrogens (tertiary/aromatic N) is 2. The van der Waals surface area contributed by atoms with Crippen LogP contribution >= 0.6 is 0 Å². The fourth-order valence-electron chi connectivity index (χ4n) is 2.07. The van der Waals surface area contributed by atoms with Crippen LogP contribution in [-0.2, 0) is 20.5 Å². The Morgan fingerprint density at radius 1 is 1.56 bits per heavy atom. The highest BCUT2D eigenvalue weighted by molar-refractivity contribution is 7.88. The molecule has 0 amide bonds. The van der Waals surface area contributed by atoms with E-state index in [4.69, 9.17) is 9.26 Å². The van der Waals surface area contributed by atoms with E-state index in [1.54, 1.807) is 13.0 Å². The number of aromatic nitrogens is 1. The smallest absolute Gasteiger partial charge is 0.221 e. The molecule has 0 aliphatic carbocycles. The molecule has 0 aromatic carbocycles. The maximum atomic E-state index is 12.3. The quantitative estimate of drug-likeness (QED) is 0.816. The summed E-state index contributed by atoms with van der Waals surface area (Å²) in [7, 11) is -3.36. The minimum absolute atomic E-state index is 0.0761. The summed E-state index contributed by atoms with van der Waals surface area (Å²) in [6, 6.07) is 1.58. The number of aryl methyl sites for hydroxylation is 1. The van der Waals surface area contributed by atoms with Gasteiger partial charge in [0.25, 0.3) is 0 Å². The van der Waals surface area contributed by atoms with Gasteiger partial charge in [-0.15, -0.1) is 0 Å². The van der Waals surface area contributed by atoms with Crippen LogP contribution in [0.25, 0.3) is 0 Å². The summed E-state index contributed by atoms with van der Waals surface area (Å²) in [4.78, 5) is 0. The fourth-order valence-corrected chi connectivity index (χ4v) is 3.75. The van der Waals surface area contributed by atoms with Gasteiger partial charge >= 0.3 is 0 Å². The Balaban J connectivity index is 2.14. The zero-order chi connectivity index (χ0) is 13.2. The zero-order valence-electron chi connectivity index (χ0n) is 10.6. The second-order valence-electron chi connectivity index (χ2n) is 4.44. The van der Waals surface area contributed by atoms with Crippen molar-refractivity contribution in [1.82, 2.24) is 9.46 Å². The predicted molar refractivity (Wildman–Crippen MR) is 65.5 cm³/mol. The van der Waals surface area contributed by atoms with E-state index in [0.29, 0.717) is 31.2 Å². The van der Waals surface area contributed by atoms with Crippen molar-refractivity contribution >= 4 is 10.0 Å². The highest BCUT2D eigenvalue weighted by atomic mass is 32.2.